The molecule has 2 unspecified atom stereocenters. The molecule has 0 saturated carbocycles. The molecule has 7 heteroatoms. The zero-order chi connectivity index (χ0) is 98.5. The summed E-state index contributed by atoms with van der Waals surface area (Å²) in [7, 11) is 5.14. The van der Waals surface area contributed by atoms with Gasteiger partial charge in [-0.05, 0) is 155 Å². The Morgan fingerprint density at radius 2 is 0.856 bits per heavy atom. The van der Waals surface area contributed by atoms with Gasteiger partial charge in [0.1, 0.15) is 43.5 Å². The monoisotopic (exact) mass is 1400 g/mol. The predicted octanol–water partition coefficient (Wildman–Crippen LogP) is 24.5. The number of aryl methyl sites for hydroxylation is 9. The van der Waals surface area contributed by atoms with Crippen LogP contribution in [0.1, 0.15) is 238 Å². The molecule has 0 N–H and O–H groups in total. The van der Waals surface area contributed by atoms with Gasteiger partial charge in [-0.25, -0.2) is 18.7 Å². The molecule has 7 heterocycles. The Balaban J connectivity index is 0.000000147. The summed E-state index contributed by atoms with van der Waals surface area (Å²) >= 11 is 0. The van der Waals surface area contributed by atoms with Crippen LogP contribution in [0, 0.1) is 41.3 Å². The molecule has 0 spiro atoms. The number of benzene rings is 8. The van der Waals surface area contributed by atoms with Crippen molar-refractivity contribution >= 4 is 65.9 Å². The van der Waals surface area contributed by atoms with Crippen LogP contribution in [0.15, 0.2) is 190 Å². The molecule has 2 atom stereocenters. The average molecular weight is 1400 g/mol. The molecule has 7 aromatic heterocycles. The lowest BCUT2D eigenvalue weighted by Gasteiger charge is -2.29. The summed E-state index contributed by atoms with van der Waals surface area (Å²) in [6.07, 6.45) is 5.56. The molecular weight excluding hydrogens is 1270 g/mol. The molecule has 3 aliphatic carbocycles. The minimum absolute atomic E-state index is 0.113. The number of hydrogen-bond donors (Lipinski definition) is 0. The molecule has 0 bridgehead atoms. The van der Waals surface area contributed by atoms with Gasteiger partial charge in [0.25, 0.3) is 0 Å². The maximum absolute atomic E-state index is 8.73. The van der Waals surface area contributed by atoms with Crippen molar-refractivity contribution in [3.8, 4) is 67.2 Å². The molecule has 104 heavy (non-hydrogen) atoms. The smallest absolute Gasteiger partial charge is 0.227 e. The fourth-order valence-electron chi connectivity index (χ4n) is 16.9. The number of aromatic nitrogens is 4. The van der Waals surface area contributed by atoms with Gasteiger partial charge in [0.05, 0.1) is 22.1 Å². The van der Waals surface area contributed by atoms with Crippen molar-refractivity contribution in [3.05, 3.63) is 260 Å². The van der Waals surface area contributed by atoms with Crippen LogP contribution in [0.4, 0.5) is 0 Å². The average Bonchev–Trinajstić information content (AvgIpc) is 1.51. The molecule has 18 rings (SSSR count). The highest BCUT2D eigenvalue weighted by Gasteiger charge is 2.44. The van der Waals surface area contributed by atoms with Crippen molar-refractivity contribution in [2.24, 2.45) is 21.1 Å². The molecule has 0 aliphatic heterocycles. The first-order valence-electron chi connectivity index (χ1n) is 49.8. The number of hydrogen-bond acceptors (Lipinski definition) is 4. The van der Waals surface area contributed by atoms with Crippen molar-refractivity contribution in [1.82, 2.24) is 4.98 Å². The Bertz CT molecular complexity index is 7360. The van der Waals surface area contributed by atoms with Crippen LogP contribution in [0.25, 0.3) is 133 Å². The number of furan rings is 3. The molecule has 8 aromatic carbocycles. The number of fused-ring (bicyclic) bond motifs is 21. The molecule has 522 valence electrons. The number of pyridine rings is 4. The first-order chi connectivity index (χ1) is 61.5. The molecular formula is C97H99N4O3+3. The third-order valence-corrected chi connectivity index (χ3v) is 22.2. The maximum Gasteiger partial charge on any atom is 0.227 e. The van der Waals surface area contributed by atoms with Gasteiger partial charge in [0, 0.05) is 142 Å². The van der Waals surface area contributed by atoms with E-state index in [-0.39, 0.29) is 57.2 Å². The van der Waals surface area contributed by atoms with Gasteiger partial charge in [-0.3, -0.25) is 0 Å². The largest absolute Gasteiger partial charge is 0.454 e. The van der Waals surface area contributed by atoms with Crippen LogP contribution >= 0.6 is 0 Å². The standard InChI is InChI=1S/C34H36NO.C32H32NO.C31H31N2O/c1-8-34(9-2)27-13-11-10-12-25(27)31-28(34)17-16-24-23-15-14-21(5)30(32(23)36-33(24)31)29-18-22(6)26(20(3)4)19-35(29)7;1-18(2)24-17-33(7)27(16-20(24)4)28-19(3)12-13-21-22-14-15-26-29(31(22)34-30(21)28)23-10-8-9-11-25(23)32(26,5)6;1-17(2)22-14-25(33(7)16-19(22)4)26-18(3)12-13-21-27-28-23(15-32-30(27)34-29(21)26)20-10-8-9-11-24(20)31(28,5)6/h10-20H,8-9H2,1-7H3;8-18H,1-7H3;8-17H,1-7H3/q3*+1/i1D3,2D3,3D3,6D3,20D;1D3,4D3,5D3,6D3,18D;4D3,17D. The topological polar surface area (TPSA) is 64.0 Å². The fourth-order valence-corrected chi connectivity index (χ4v) is 16.9. The van der Waals surface area contributed by atoms with E-state index >= 15 is 0 Å². The van der Waals surface area contributed by atoms with Gasteiger partial charge in [0.15, 0.2) is 24.2 Å². The summed E-state index contributed by atoms with van der Waals surface area (Å²) in [5.74, 6) is -5.53. The lowest BCUT2D eigenvalue weighted by Crippen LogP contribution is -2.32. The Morgan fingerprint density at radius 3 is 1.38 bits per heavy atom. The van der Waals surface area contributed by atoms with Crippen molar-refractivity contribution in [2.45, 2.75) is 171 Å². The van der Waals surface area contributed by atoms with Crippen LogP contribution in [0.5, 0.6) is 0 Å². The summed E-state index contributed by atoms with van der Waals surface area (Å²) in [6.45, 7) is -8.19. The van der Waals surface area contributed by atoms with E-state index in [0.29, 0.717) is 117 Å². The van der Waals surface area contributed by atoms with Gasteiger partial charge in [-0.2, -0.15) is 0 Å². The molecule has 15 aromatic rings. The van der Waals surface area contributed by atoms with Crippen LogP contribution in [0.3, 0.4) is 0 Å². The van der Waals surface area contributed by atoms with Crippen molar-refractivity contribution in [2.75, 3.05) is 0 Å². The minimum Gasteiger partial charge on any atom is -0.454 e. The van der Waals surface area contributed by atoms with Gasteiger partial charge < -0.3 is 13.3 Å². The molecule has 7 nitrogen and oxygen atoms in total. The summed E-state index contributed by atoms with van der Waals surface area (Å²) in [6, 6.07) is 45.4. The van der Waals surface area contributed by atoms with E-state index in [1.54, 1.807) is 91.8 Å². The van der Waals surface area contributed by atoms with Crippen LogP contribution in [0.2, 0.25) is 0 Å². The highest BCUT2D eigenvalue weighted by molar-refractivity contribution is 6.17. The van der Waals surface area contributed by atoms with Gasteiger partial charge in [-0.1, -0.05) is 216 Å². The zero-order valence-electron chi connectivity index (χ0n) is 90.2. The highest BCUT2D eigenvalue weighted by Crippen LogP contribution is 2.58. The van der Waals surface area contributed by atoms with Crippen LogP contribution in [-0.2, 0) is 37.4 Å². The zero-order valence-corrected chi connectivity index (χ0v) is 60.2. The Morgan fingerprint density at radius 1 is 0.413 bits per heavy atom. The first-order valence-corrected chi connectivity index (χ1v) is 34.8. The van der Waals surface area contributed by atoms with E-state index < -0.39 is 90.2 Å². The van der Waals surface area contributed by atoms with Crippen molar-refractivity contribution in [1.29, 1.82) is 0 Å². The molecule has 0 saturated heterocycles. The van der Waals surface area contributed by atoms with E-state index in [0.717, 1.165) is 44.3 Å². The minimum atomic E-state index is -2.94. The summed E-state index contributed by atoms with van der Waals surface area (Å²) in [5, 5.41) is 4.65. The molecule has 0 radical (unpaired) electrons. The maximum atomic E-state index is 8.73. The second-order valence-electron chi connectivity index (χ2n) is 29.2. The lowest BCUT2D eigenvalue weighted by atomic mass is 9.74. The molecule has 3 aliphatic rings. The van der Waals surface area contributed by atoms with E-state index in [2.05, 4.69) is 50.2 Å². The molecule has 0 amide bonds. The number of nitrogens with zero attached hydrogens (tertiary/aromatic N) is 4. The van der Waals surface area contributed by atoms with E-state index in [1.807, 2.05) is 87.1 Å². The molecule has 0 fully saturated rings. The number of rotatable bonds is 8. The van der Waals surface area contributed by atoms with Gasteiger partial charge in [0.2, 0.25) is 22.8 Å². The quantitative estimate of drug-likeness (QED) is 0.142. The Kier molecular flexibility index (Phi) is 9.96. The normalized spacial score (nSPS) is 20.8. The first kappa shape index (κ1) is 41.9. The van der Waals surface area contributed by atoms with E-state index in [9.17, 15) is 0 Å². The second kappa shape index (κ2) is 24.7. The summed E-state index contributed by atoms with van der Waals surface area (Å²) in [5.41, 5.74) is 13.2. The van der Waals surface area contributed by atoms with E-state index in [1.165, 1.54) is 61.1 Å². The third kappa shape index (κ3) is 10.0. The van der Waals surface area contributed by atoms with Gasteiger partial charge in [-0.15, -0.1) is 0 Å². The van der Waals surface area contributed by atoms with Crippen molar-refractivity contribution in [3.63, 3.8) is 0 Å². The predicted molar refractivity (Wildman–Crippen MR) is 431 cm³/mol. The van der Waals surface area contributed by atoms with E-state index in [4.69, 9.17) is 59.4 Å². The summed E-state index contributed by atoms with van der Waals surface area (Å²) in [4.78, 5) is 4.77. The third-order valence-electron chi connectivity index (χ3n) is 22.2. The van der Waals surface area contributed by atoms with Crippen LogP contribution < -0.4 is 13.7 Å². The summed E-state index contributed by atoms with van der Waals surface area (Å²) < 4.78 is 273. The Hall–Kier alpha value is -10.2. The van der Waals surface area contributed by atoms with Crippen molar-refractivity contribution < 1.29 is 68.1 Å². The highest BCUT2D eigenvalue weighted by atomic mass is 16.3. The second-order valence-corrected chi connectivity index (χ2v) is 29.2. The lowest BCUT2D eigenvalue weighted by molar-refractivity contribution is -0.661. The SMILES string of the molecule is [2H]C([2H])([2H])CC1(CC([2H])([2H])[2H])c2ccccc2-c2c1ccc1c2oc2c(-c3cc(C([2H])([2H])[2H])c(C([2H])(C)C([2H])([2H])[2H])c[n+]3C)c(C)ccc21.[2H]C([2H])([2H])c1c[n+](C)c(-c2c(C)ccc3c2oc2ncc4c(c23)C(C)(C)c2ccccc2-4)cc1C([2H])(C)C.[2H]C([2H])([2H])c1cc(-c2c(C)ccc3c2oc2c4c(ccc23)C(C([2H])([2H])[2H])(C([2H])([2H])[2H])c2ccccc2-4)[n+](C)cc1C([2H])(C)C([2H])([2H])[2H]. The van der Waals surface area contributed by atoms with Crippen LogP contribution in [-0.4, -0.2) is 4.98 Å². The fraction of sp³-hybridized carbons (Fsp3) is 0.299. The van der Waals surface area contributed by atoms with Gasteiger partial charge >= 0.3 is 0 Å². The Labute approximate surface area is 656 Å².